The number of sulfonamides is 1. The van der Waals surface area contributed by atoms with Crippen molar-refractivity contribution in [3.05, 3.63) is 18.2 Å². The molecule has 0 aliphatic carbocycles. The van der Waals surface area contributed by atoms with Gasteiger partial charge in [-0.2, -0.15) is 0 Å². The number of hydrogen-bond donors (Lipinski definition) is 3. The Hall–Kier alpha value is -1.31. The fourth-order valence-corrected chi connectivity index (χ4v) is 3.24. The largest absolute Gasteiger partial charge is 0.495 e. The van der Waals surface area contributed by atoms with E-state index < -0.39 is 10.0 Å². The molecule has 0 aliphatic rings. The predicted octanol–water partition coefficient (Wildman–Crippen LogP) is 1.35. The number of nitrogens with one attached hydrogen (secondary N) is 1. The molecule has 0 aliphatic heterocycles. The summed E-state index contributed by atoms with van der Waals surface area (Å²) in [5.74, 6) is 0.462. The molecule has 0 radical (unpaired) electrons. The molecule has 21 heavy (non-hydrogen) atoms. The first-order valence-corrected chi connectivity index (χ1v) is 8.47. The monoisotopic (exact) mass is 316 g/mol. The maximum absolute atomic E-state index is 12.3. The van der Waals surface area contributed by atoms with Crippen LogP contribution in [0.5, 0.6) is 5.75 Å². The number of anilines is 1. The molecule has 0 heterocycles. The second-order valence-electron chi connectivity index (χ2n) is 4.92. The van der Waals surface area contributed by atoms with Gasteiger partial charge in [-0.3, -0.25) is 0 Å². The number of aliphatic hydroxyl groups excluding tert-OH is 1. The van der Waals surface area contributed by atoms with Crippen LogP contribution in [-0.2, 0) is 10.0 Å². The van der Waals surface area contributed by atoms with E-state index in [1.54, 1.807) is 0 Å². The van der Waals surface area contributed by atoms with Crippen LogP contribution < -0.4 is 15.2 Å². The zero-order valence-electron chi connectivity index (χ0n) is 12.5. The third kappa shape index (κ3) is 5.18. The third-order valence-electron chi connectivity index (χ3n) is 3.31. The van der Waals surface area contributed by atoms with Crippen LogP contribution in [0.3, 0.4) is 0 Å². The average molecular weight is 316 g/mol. The number of ether oxygens (including phenoxy) is 1. The number of nitrogen functional groups attached to an aromatic ring is 1. The maximum Gasteiger partial charge on any atom is 0.240 e. The molecule has 1 rings (SSSR count). The minimum absolute atomic E-state index is 0.0576. The fourth-order valence-electron chi connectivity index (χ4n) is 2.11. The SMILES string of the molecule is CCCC(CCO)CNS(=O)(=O)c1ccc(N)c(OC)c1. The van der Waals surface area contributed by atoms with Crippen LogP contribution in [0.4, 0.5) is 5.69 Å². The molecule has 7 heteroatoms. The van der Waals surface area contributed by atoms with Gasteiger partial charge in [-0.25, -0.2) is 13.1 Å². The smallest absolute Gasteiger partial charge is 0.240 e. The predicted molar refractivity (Wildman–Crippen MR) is 82.7 cm³/mol. The van der Waals surface area contributed by atoms with Crippen LogP contribution in [-0.4, -0.2) is 33.8 Å². The normalized spacial score (nSPS) is 13.1. The zero-order chi connectivity index (χ0) is 15.9. The van der Waals surface area contributed by atoms with E-state index in [4.69, 9.17) is 15.6 Å². The lowest BCUT2D eigenvalue weighted by Crippen LogP contribution is -2.30. The summed E-state index contributed by atoms with van der Waals surface area (Å²) in [6, 6.07) is 4.35. The van der Waals surface area contributed by atoms with Gasteiger partial charge in [0.25, 0.3) is 0 Å². The second kappa shape index (κ2) is 8.21. The molecule has 0 saturated heterocycles. The minimum atomic E-state index is -3.61. The summed E-state index contributed by atoms with van der Waals surface area (Å²) in [5, 5.41) is 9.00. The molecule has 1 atom stereocenters. The van der Waals surface area contributed by atoms with Crippen LogP contribution in [0.15, 0.2) is 23.1 Å². The Morgan fingerprint density at radius 3 is 2.67 bits per heavy atom. The topological polar surface area (TPSA) is 102 Å². The van der Waals surface area contributed by atoms with Crippen molar-refractivity contribution in [1.29, 1.82) is 0 Å². The molecule has 0 spiro atoms. The van der Waals surface area contributed by atoms with Crippen LogP contribution >= 0.6 is 0 Å². The summed E-state index contributed by atoms with van der Waals surface area (Å²) in [6.07, 6.45) is 2.40. The van der Waals surface area contributed by atoms with Crippen molar-refractivity contribution in [3.8, 4) is 5.75 Å². The highest BCUT2D eigenvalue weighted by atomic mass is 32.2. The number of nitrogens with two attached hydrogens (primary N) is 1. The first kappa shape index (κ1) is 17.7. The van der Waals surface area contributed by atoms with Gasteiger partial charge in [-0.05, 0) is 30.9 Å². The van der Waals surface area contributed by atoms with Gasteiger partial charge in [0, 0.05) is 19.2 Å². The maximum atomic E-state index is 12.3. The van der Waals surface area contributed by atoms with Crippen molar-refractivity contribution in [1.82, 2.24) is 4.72 Å². The molecule has 6 nitrogen and oxygen atoms in total. The van der Waals surface area contributed by atoms with E-state index in [-0.39, 0.29) is 17.4 Å². The Kier molecular flexibility index (Phi) is 6.94. The minimum Gasteiger partial charge on any atom is -0.495 e. The summed E-state index contributed by atoms with van der Waals surface area (Å²) >= 11 is 0. The molecule has 120 valence electrons. The quantitative estimate of drug-likeness (QED) is 0.597. The number of hydrogen-bond acceptors (Lipinski definition) is 5. The molecule has 0 aromatic heterocycles. The van der Waals surface area contributed by atoms with Crippen molar-refractivity contribution in [2.75, 3.05) is 26.0 Å². The lowest BCUT2D eigenvalue weighted by Gasteiger charge is -2.16. The number of benzene rings is 1. The van der Waals surface area contributed by atoms with E-state index in [0.717, 1.165) is 12.8 Å². The first-order valence-electron chi connectivity index (χ1n) is 6.98. The van der Waals surface area contributed by atoms with Crippen molar-refractivity contribution in [3.63, 3.8) is 0 Å². The van der Waals surface area contributed by atoms with Gasteiger partial charge in [0.1, 0.15) is 5.75 Å². The Labute approximate surface area is 126 Å². The molecule has 1 unspecified atom stereocenters. The lowest BCUT2D eigenvalue weighted by atomic mass is 10.0. The number of rotatable bonds is 9. The van der Waals surface area contributed by atoms with E-state index >= 15 is 0 Å². The van der Waals surface area contributed by atoms with Crippen LogP contribution in [0.2, 0.25) is 0 Å². The summed E-state index contributed by atoms with van der Waals surface area (Å²) in [5.41, 5.74) is 6.07. The summed E-state index contributed by atoms with van der Waals surface area (Å²) in [7, 11) is -2.17. The molecule has 1 aromatic carbocycles. The van der Waals surface area contributed by atoms with Gasteiger partial charge in [-0.1, -0.05) is 13.3 Å². The standard InChI is InChI=1S/C14H24N2O4S/c1-3-4-11(7-8-17)10-16-21(18,19)12-5-6-13(15)14(9-12)20-2/h5-6,9,11,16-17H,3-4,7-8,10,15H2,1-2H3. The number of methoxy groups -OCH3 is 1. The summed E-state index contributed by atoms with van der Waals surface area (Å²) in [4.78, 5) is 0.118. The Morgan fingerprint density at radius 2 is 2.10 bits per heavy atom. The van der Waals surface area contributed by atoms with E-state index in [1.807, 2.05) is 6.92 Å². The van der Waals surface area contributed by atoms with Crippen LogP contribution in [0.1, 0.15) is 26.2 Å². The van der Waals surface area contributed by atoms with Crippen molar-refractivity contribution < 1.29 is 18.3 Å². The van der Waals surface area contributed by atoms with E-state index in [1.165, 1.54) is 25.3 Å². The van der Waals surface area contributed by atoms with Crippen molar-refractivity contribution in [2.24, 2.45) is 5.92 Å². The molecule has 1 aromatic rings. The molecule has 0 amide bonds. The van der Waals surface area contributed by atoms with Crippen molar-refractivity contribution >= 4 is 15.7 Å². The highest BCUT2D eigenvalue weighted by molar-refractivity contribution is 7.89. The van der Waals surface area contributed by atoms with Crippen LogP contribution in [0, 0.1) is 5.92 Å². The van der Waals surface area contributed by atoms with Gasteiger partial charge < -0.3 is 15.6 Å². The molecular weight excluding hydrogens is 292 g/mol. The van der Waals surface area contributed by atoms with Gasteiger partial charge >= 0.3 is 0 Å². The van der Waals surface area contributed by atoms with E-state index in [0.29, 0.717) is 24.4 Å². The van der Waals surface area contributed by atoms with E-state index in [9.17, 15) is 8.42 Å². The van der Waals surface area contributed by atoms with Crippen molar-refractivity contribution in [2.45, 2.75) is 31.1 Å². The average Bonchev–Trinajstić information content (AvgIpc) is 2.45. The summed E-state index contributed by atoms with van der Waals surface area (Å²) < 4.78 is 32.1. The Morgan fingerprint density at radius 1 is 1.38 bits per heavy atom. The second-order valence-corrected chi connectivity index (χ2v) is 6.69. The lowest BCUT2D eigenvalue weighted by molar-refractivity contribution is 0.251. The highest BCUT2D eigenvalue weighted by Crippen LogP contribution is 2.24. The summed E-state index contributed by atoms with van der Waals surface area (Å²) in [6.45, 7) is 2.40. The van der Waals surface area contributed by atoms with Gasteiger partial charge in [0.05, 0.1) is 17.7 Å². The van der Waals surface area contributed by atoms with Crippen LogP contribution in [0.25, 0.3) is 0 Å². The molecule has 0 saturated carbocycles. The Bertz CT molecular complexity index is 540. The fraction of sp³-hybridized carbons (Fsp3) is 0.571. The van der Waals surface area contributed by atoms with Gasteiger partial charge in [0.15, 0.2) is 0 Å². The number of aliphatic hydroxyl groups is 1. The van der Waals surface area contributed by atoms with Gasteiger partial charge in [0.2, 0.25) is 10.0 Å². The Balaban J connectivity index is 2.81. The molecular formula is C14H24N2O4S. The molecule has 0 bridgehead atoms. The van der Waals surface area contributed by atoms with Gasteiger partial charge in [-0.15, -0.1) is 0 Å². The molecule has 0 fully saturated rings. The third-order valence-corrected chi connectivity index (χ3v) is 4.73. The first-order chi connectivity index (χ1) is 9.94. The highest BCUT2D eigenvalue weighted by Gasteiger charge is 2.18. The zero-order valence-corrected chi connectivity index (χ0v) is 13.3. The molecule has 4 N–H and O–H groups in total. The van der Waals surface area contributed by atoms with E-state index in [2.05, 4.69) is 4.72 Å².